The van der Waals surface area contributed by atoms with Crippen molar-refractivity contribution in [2.45, 2.75) is 12.8 Å². The summed E-state index contributed by atoms with van der Waals surface area (Å²) in [5.74, 6) is -1.59. The third-order valence-corrected chi connectivity index (χ3v) is 3.81. The van der Waals surface area contributed by atoms with Gasteiger partial charge in [0.2, 0.25) is 5.91 Å². The Morgan fingerprint density at radius 2 is 2.15 bits per heavy atom. The van der Waals surface area contributed by atoms with E-state index in [9.17, 15) is 14.4 Å². The van der Waals surface area contributed by atoms with Crippen molar-refractivity contribution in [1.82, 2.24) is 4.90 Å². The lowest BCUT2D eigenvalue weighted by atomic mass is 10.1. The number of hydrogen-bond donors (Lipinski definition) is 2. The van der Waals surface area contributed by atoms with Crippen molar-refractivity contribution in [3.05, 3.63) is 29.3 Å². The Bertz CT molecular complexity index is 611. The minimum absolute atomic E-state index is 0.0725. The molecule has 20 heavy (non-hydrogen) atoms. The van der Waals surface area contributed by atoms with Crippen LogP contribution in [-0.4, -0.2) is 40.9 Å². The molecular formula is C14H14N2O4. The smallest absolute Gasteiger partial charge is 0.308 e. The second-order valence-corrected chi connectivity index (χ2v) is 5.17. The lowest BCUT2D eigenvalue weighted by molar-refractivity contribution is -0.141. The van der Waals surface area contributed by atoms with Crippen LogP contribution in [0.3, 0.4) is 0 Å². The van der Waals surface area contributed by atoms with Gasteiger partial charge in [-0.2, -0.15) is 0 Å². The van der Waals surface area contributed by atoms with Crippen LogP contribution >= 0.6 is 0 Å². The molecule has 3 rings (SSSR count). The van der Waals surface area contributed by atoms with E-state index in [0.717, 1.165) is 5.56 Å². The van der Waals surface area contributed by atoms with Crippen LogP contribution in [0.2, 0.25) is 0 Å². The third-order valence-electron chi connectivity index (χ3n) is 3.81. The number of benzene rings is 1. The monoisotopic (exact) mass is 274 g/mol. The number of nitrogens with one attached hydrogen (secondary N) is 1. The number of carbonyl (C=O) groups is 3. The molecule has 104 valence electrons. The molecule has 2 aliphatic rings. The number of carbonyl (C=O) groups excluding carboxylic acids is 2. The lowest BCUT2D eigenvalue weighted by Gasteiger charge is -2.16. The van der Waals surface area contributed by atoms with Gasteiger partial charge < -0.3 is 15.3 Å². The molecule has 2 heterocycles. The van der Waals surface area contributed by atoms with Gasteiger partial charge in [-0.1, -0.05) is 6.07 Å². The standard InChI is InChI=1S/C14H14N2O4/c17-12-6-8-1-2-9(5-11(8)15-12)13(18)16-4-3-10(7-16)14(19)20/h1-2,5,10H,3-4,6-7H2,(H,15,17)(H,19,20). The molecule has 6 heteroatoms. The van der Waals surface area contributed by atoms with E-state index in [4.69, 9.17) is 5.11 Å². The maximum absolute atomic E-state index is 12.3. The molecule has 1 unspecified atom stereocenters. The Balaban J connectivity index is 1.77. The van der Waals surface area contributed by atoms with E-state index in [1.807, 2.05) is 0 Å². The Labute approximate surface area is 115 Å². The Hall–Kier alpha value is -2.37. The van der Waals surface area contributed by atoms with E-state index in [-0.39, 0.29) is 18.4 Å². The molecule has 0 spiro atoms. The minimum atomic E-state index is -0.860. The summed E-state index contributed by atoms with van der Waals surface area (Å²) in [6.45, 7) is 0.705. The first kappa shape index (κ1) is 12.7. The number of anilines is 1. The van der Waals surface area contributed by atoms with E-state index in [1.165, 1.54) is 0 Å². The average molecular weight is 274 g/mol. The molecule has 0 radical (unpaired) electrons. The van der Waals surface area contributed by atoms with Crippen LogP contribution in [0.1, 0.15) is 22.3 Å². The van der Waals surface area contributed by atoms with Crippen LogP contribution < -0.4 is 5.32 Å². The molecule has 6 nitrogen and oxygen atoms in total. The van der Waals surface area contributed by atoms with Crippen molar-refractivity contribution >= 4 is 23.5 Å². The fourth-order valence-corrected chi connectivity index (χ4v) is 2.68. The molecule has 0 aromatic heterocycles. The second kappa shape index (κ2) is 4.63. The van der Waals surface area contributed by atoms with Crippen LogP contribution in [0.5, 0.6) is 0 Å². The molecule has 2 amide bonds. The van der Waals surface area contributed by atoms with Crippen LogP contribution in [-0.2, 0) is 16.0 Å². The highest BCUT2D eigenvalue weighted by Crippen LogP contribution is 2.26. The third kappa shape index (κ3) is 2.13. The number of likely N-dealkylation sites (tertiary alicyclic amines) is 1. The number of aliphatic carboxylic acids is 1. The van der Waals surface area contributed by atoms with Crippen molar-refractivity contribution in [3.63, 3.8) is 0 Å². The van der Waals surface area contributed by atoms with E-state index in [2.05, 4.69) is 5.32 Å². The Morgan fingerprint density at radius 1 is 1.35 bits per heavy atom. The largest absolute Gasteiger partial charge is 0.481 e. The van der Waals surface area contributed by atoms with Crippen molar-refractivity contribution in [2.24, 2.45) is 5.92 Å². The normalized spacial score (nSPS) is 20.7. The highest BCUT2D eigenvalue weighted by atomic mass is 16.4. The molecular weight excluding hydrogens is 260 g/mol. The van der Waals surface area contributed by atoms with Crippen LogP contribution in [0.4, 0.5) is 5.69 Å². The zero-order chi connectivity index (χ0) is 14.3. The lowest BCUT2D eigenvalue weighted by Crippen LogP contribution is -2.29. The fraction of sp³-hybridized carbons (Fsp3) is 0.357. The van der Waals surface area contributed by atoms with Gasteiger partial charge in [-0.25, -0.2) is 0 Å². The average Bonchev–Trinajstić information content (AvgIpc) is 3.02. The molecule has 2 aliphatic heterocycles. The predicted octanol–water partition coefficient (Wildman–Crippen LogP) is 0.728. The van der Waals surface area contributed by atoms with Gasteiger partial charge in [0, 0.05) is 24.3 Å². The summed E-state index contributed by atoms with van der Waals surface area (Å²) in [5.41, 5.74) is 2.04. The molecule has 1 fully saturated rings. The maximum atomic E-state index is 12.3. The van der Waals surface area contributed by atoms with Gasteiger partial charge in [0.05, 0.1) is 12.3 Å². The molecule has 0 saturated carbocycles. The predicted molar refractivity (Wildman–Crippen MR) is 70.4 cm³/mol. The number of nitrogens with zero attached hydrogens (tertiary/aromatic N) is 1. The Morgan fingerprint density at radius 3 is 2.85 bits per heavy atom. The first-order valence-electron chi connectivity index (χ1n) is 6.49. The first-order chi connectivity index (χ1) is 9.54. The number of amides is 2. The fourth-order valence-electron chi connectivity index (χ4n) is 2.68. The van der Waals surface area contributed by atoms with Crippen LogP contribution in [0.25, 0.3) is 0 Å². The number of carboxylic acids is 1. The van der Waals surface area contributed by atoms with Crippen molar-refractivity contribution < 1.29 is 19.5 Å². The minimum Gasteiger partial charge on any atom is -0.481 e. The van der Waals surface area contributed by atoms with Gasteiger partial charge in [0.15, 0.2) is 0 Å². The van der Waals surface area contributed by atoms with E-state index in [1.54, 1.807) is 23.1 Å². The zero-order valence-electron chi connectivity index (χ0n) is 10.8. The van der Waals surface area contributed by atoms with Crippen LogP contribution in [0, 0.1) is 5.92 Å². The first-order valence-corrected chi connectivity index (χ1v) is 6.49. The van der Waals surface area contributed by atoms with Crippen LogP contribution in [0.15, 0.2) is 18.2 Å². The van der Waals surface area contributed by atoms with E-state index in [0.29, 0.717) is 30.6 Å². The zero-order valence-corrected chi connectivity index (χ0v) is 10.8. The number of rotatable bonds is 2. The summed E-state index contributed by atoms with van der Waals surface area (Å²) in [7, 11) is 0. The van der Waals surface area contributed by atoms with Crippen molar-refractivity contribution in [3.8, 4) is 0 Å². The summed E-state index contributed by atoms with van der Waals surface area (Å²) in [4.78, 5) is 36.1. The summed E-state index contributed by atoms with van der Waals surface area (Å²) >= 11 is 0. The number of hydrogen-bond acceptors (Lipinski definition) is 3. The second-order valence-electron chi connectivity index (χ2n) is 5.17. The molecule has 1 atom stereocenters. The van der Waals surface area contributed by atoms with E-state index >= 15 is 0 Å². The topological polar surface area (TPSA) is 86.7 Å². The molecule has 1 aromatic carbocycles. The van der Waals surface area contributed by atoms with Gasteiger partial charge in [0.25, 0.3) is 5.91 Å². The SMILES string of the molecule is O=C1Cc2ccc(C(=O)N3CCC(C(=O)O)C3)cc2N1. The summed E-state index contributed by atoms with van der Waals surface area (Å²) < 4.78 is 0. The van der Waals surface area contributed by atoms with Crippen molar-refractivity contribution in [1.29, 1.82) is 0 Å². The molecule has 1 saturated heterocycles. The summed E-state index contributed by atoms with van der Waals surface area (Å²) in [6, 6.07) is 5.12. The van der Waals surface area contributed by atoms with Gasteiger partial charge >= 0.3 is 5.97 Å². The van der Waals surface area contributed by atoms with Gasteiger partial charge in [-0.05, 0) is 24.1 Å². The molecule has 1 aromatic rings. The molecule has 0 aliphatic carbocycles. The number of fused-ring (bicyclic) bond motifs is 1. The highest BCUT2D eigenvalue weighted by Gasteiger charge is 2.31. The number of carboxylic acid groups (broad SMARTS) is 1. The van der Waals surface area contributed by atoms with Crippen molar-refractivity contribution in [2.75, 3.05) is 18.4 Å². The van der Waals surface area contributed by atoms with Gasteiger partial charge in [-0.3, -0.25) is 14.4 Å². The molecule has 0 bridgehead atoms. The maximum Gasteiger partial charge on any atom is 0.308 e. The quantitative estimate of drug-likeness (QED) is 0.832. The Kier molecular flexibility index (Phi) is 2.93. The van der Waals surface area contributed by atoms with Gasteiger partial charge in [0.1, 0.15) is 0 Å². The molecule has 2 N–H and O–H groups in total. The highest BCUT2D eigenvalue weighted by molar-refractivity contribution is 6.02. The summed E-state index contributed by atoms with van der Waals surface area (Å²) in [5, 5.41) is 11.7. The van der Waals surface area contributed by atoms with E-state index < -0.39 is 11.9 Å². The summed E-state index contributed by atoms with van der Waals surface area (Å²) in [6.07, 6.45) is 0.831. The van der Waals surface area contributed by atoms with Gasteiger partial charge in [-0.15, -0.1) is 0 Å².